The van der Waals surface area contributed by atoms with E-state index < -0.39 is 0 Å². The minimum Gasteiger partial charge on any atom is -0.391 e. The normalized spacial score (nSPS) is 35.6. The van der Waals surface area contributed by atoms with Crippen molar-refractivity contribution in [3.8, 4) is 0 Å². The van der Waals surface area contributed by atoms with E-state index in [2.05, 4.69) is 16.8 Å². The minimum atomic E-state index is -0.0779. The molecule has 1 saturated heterocycles. The summed E-state index contributed by atoms with van der Waals surface area (Å²) in [5, 5.41) is 10.2. The summed E-state index contributed by atoms with van der Waals surface area (Å²) >= 11 is 0. The molecule has 2 atom stereocenters. The first-order valence-corrected chi connectivity index (χ1v) is 6.88. The summed E-state index contributed by atoms with van der Waals surface area (Å²) in [5.41, 5.74) is 0. The lowest BCUT2D eigenvalue weighted by molar-refractivity contribution is 0.0463. The SMILES string of the molecule is CN1CCCN(C2CCCCCC2O)CC1. The average Bonchev–Trinajstić information content (AvgIpc) is 2.59. The Morgan fingerprint density at radius 1 is 0.875 bits per heavy atom. The van der Waals surface area contributed by atoms with E-state index in [0.29, 0.717) is 6.04 Å². The van der Waals surface area contributed by atoms with E-state index in [0.717, 1.165) is 19.5 Å². The third-order valence-electron chi connectivity index (χ3n) is 4.17. The van der Waals surface area contributed by atoms with Crippen molar-refractivity contribution in [1.29, 1.82) is 0 Å². The van der Waals surface area contributed by atoms with Gasteiger partial charge in [-0.05, 0) is 39.4 Å². The van der Waals surface area contributed by atoms with E-state index in [1.807, 2.05) is 0 Å². The third-order valence-corrected chi connectivity index (χ3v) is 4.17. The summed E-state index contributed by atoms with van der Waals surface area (Å²) in [6.07, 6.45) is 7.20. The third kappa shape index (κ3) is 3.19. The molecule has 2 unspecified atom stereocenters. The molecule has 0 aromatic carbocycles. The second-order valence-corrected chi connectivity index (χ2v) is 5.47. The molecule has 0 radical (unpaired) electrons. The first-order valence-electron chi connectivity index (χ1n) is 6.88. The maximum Gasteiger partial charge on any atom is 0.0695 e. The maximum atomic E-state index is 10.2. The molecule has 3 nitrogen and oxygen atoms in total. The fraction of sp³-hybridized carbons (Fsp3) is 1.00. The highest BCUT2D eigenvalue weighted by atomic mass is 16.3. The van der Waals surface area contributed by atoms with Crippen LogP contribution in [0.4, 0.5) is 0 Å². The van der Waals surface area contributed by atoms with Gasteiger partial charge in [-0.1, -0.05) is 19.3 Å². The van der Waals surface area contributed by atoms with Crippen LogP contribution < -0.4 is 0 Å². The Balaban J connectivity index is 1.93. The molecular weight excluding hydrogens is 200 g/mol. The monoisotopic (exact) mass is 226 g/mol. The van der Waals surface area contributed by atoms with E-state index in [4.69, 9.17) is 0 Å². The molecule has 1 aliphatic heterocycles. The van der Waals surface area contributed by atoms with Crippen molar-refractivity contribution < 1.29 is 5.11 Å². The van der Waals surface area contributed by atoms with Gasteiger partial charge in [0, 0.05) is 19.1 Å². The average molecular weight is 226 g/mol. The van der Waals surface area contributed by atoms with Gasteiger partial charge in [-0.2, -0.15) is 0 Å². The zero-order valence-electron chi connectivity index (χ0n) is 10.6. The quantitative estimate of drug-likeness (QED) is 0.683. The van der Waals surface area contributed by atoms with Crippen LogP contribution in [0.2, 0.25) is 0 Å². The summed E-state index contributed by atoms with van der Waals surface area (Å²) in [5.74, 6) is 0. The van der Waals surface area contributed by atoms with Crippen LogP contribution in [0.1, 0.15) is 38.5 Å². The number of nitrogens with zero attached hydrogens (tertiary/aromatic N) is 2. The van der Waals surface area contributed by atoms with E-state index in [9.17, 15) is 5.11 Å². The molecule has 1 aliphatic carbocycles. The second-order valence-electron chi connectivity index (χ2n) is 5.47. The zero-order chi connectivity index (χ0) is 11.4. The predicted octanol–water partition coefficient (Wildman–Crippen LogP) is 1.32. The predicted molar refractivity (Wildman–Crippen MR) is 66.6 cm³/mol. The minimum absolute atomic E-state index is 0.0779. The summed E-state index contributed by atoms with van der Waals surface area (Å²) < 4.78 is 0. The van der Waals surface area contributed by atoms with Crippen LogP contribution >= 0.6 is 0 Å². The van der Waals surface area contributed by atoms with Crippen molar-refractivity contribution in [3.63, 3.8) is 0 Å². The van der Waals surface area contributed by atoms with E-state index >= 15 is 0 Å². The molecule has 16 heavy (non-hydrogen) atoms. The smallest absolute Gasteiger partial charge is 0.0695 e. The van der Waals surface area contributed by atoms with Crippen molar-refractivity contribution >= 4 is 0 Å². The molecule has 0 spiro atoms. The fourth-order valence-electron chi connectivity index (χ4n) is 3.09. The Labute approximate surface area is 99.4 Å². The molecular formula is C13H26N2O. The van der Waals surface area contributed by atoms with Crippen LogP contribution in [-0.2, 0) is 0 Å². The highest BCUT2D eigenvalue weighted by Gasteiger charge is 2.28. The lowest BCUT2D eigenvalue weighted by Gasteiger charge is -2.33. The van der Waals surface area contributed by atoms with Crippen LogP contribution in [0.15, 0.2) is 0 Å². The molecule has 2 aliphatic rings. The highest BCUT2D eigenvalue weighted by Crippen LogP contribution is 2.23. The number of aliphatic hydroxyl groups excluding tert-OH is 1. The molecule has 2 fully saturated rings. The molecule has 0 aromatic heterocycles. The Morgan fingerprint density at radius 2 is 1.69 bits per heavy atom. The molecule has 1 saturated carbocycles. The molecule has 1 heterocycles. The first kappa shape index (κ1) is 12.3. The van der Waals surface area contributed by atoms with Crippen LogP contribution in [-0.4, -0.2) is 60.3 Å². The van der Waals surface area contributed by atoms with Crippen LogP contribution in [0, 0.1) is 0 Å². The van der Waals surface area contributed by atoms with Gasteiger partial charge in [0.1, 0.15) is 0 Å². The maximum absolute atomic E-state index is 10.2. The summed E-state index contributed by atoms with van der Waals surface area (Å²) in [6.45, 7) is 4.67. The lowest BCUT2D eigenvalue weighted by Crippen LogP contribution is -2.44. The lowest BCUT2D eigenvalue weighted by atomic mass is 10.0. The van der Waals surface area contributed by atoms with Crippen molar-refractivity contribution in [3.05, 3.63) is 0 Å². The molecule has 0 amide bonds. The van der Waals surface area contributed by atoms with Crippen molar-refractivity contribution in [2.75, 3.05) is 33.2 Å². The molecule has 3 heteroatoms. The first-order chi connectivity index (χ1) is 7.77. The Bertz CT molecular complexity index is 210. The molecule has 94 valence electrons. The highest BCUT2D eigenvalue weighted by molar-refractivity contribution is 4.83. The summed E-state index contributed by atoms with van der Waals surface area (Å²) in [7, 11) is 2.20. The number of likely N-dealkylation sites (N-methyl/N-ethyl adjacent to an activating group) is 1. The largest absolute Gasteiger partial charge is 0.391 e. The fourth-order valence-corrected chi connectivity index (χ4v) is 3.09. The Kier molecular flexibility index (Phi) is 4.62. The van der Waals surface area contributed by atoms with Gasteiger partial charge < -0.3 is 10.0 Å². The van der Waals surface area contributed by atoms with Gasteiger partial charge in [0.05, 0.1) is 6.10 Å². The van der Waals surface area contributed by atoms with Gasteiger partial charge in [-0.15, -0.1) is 0 Å². The standard InChI is InChI=1S/C13H26N2O/c1-14-8-5-9-15(11-10-14)12-6-3-2-4-7-13(12)16/h12-13,16H,2-11H2,1H3. The van der Waals surface area contributed by atoms with Gasteiger partial charge in [-0.25, -0.2) is 0 Å². The van der Waals surface area contributed by atoms with Gasteiger partial charge in [0.15, 0.2) is 0 Å². The molecule has 0 bridgehead atoms. The number of rotatable bonds is 1. The van der Waals surface area contributed by atoms with Gasteiger partial charge in [0.2, 0.25) is 0 Å². The topological polar surface area (TPSA) is 26.7 Å². The molecule has 2 rings (SSSR count). The Hall–Kier alpha value is -0.120. The number of hydrogen-bond donors (Lipinski definition) is 1. The van der Waals surface area contributed by atoms with Crippen LogP contribution in [0.3, 0.4) is 0 Å². The van der Waals surface area contributed by atoms with Crippen LogP contribution in [0.25, 0.3) is 0 Å². The van der Waals surface area contributed by atoms with Crippen molar-refractivity contribution in [2.24, 2.45) is 0 Å². The van der Waals surface area contributed by atoms with Crippen LogP contribution in [0.5, 0.6) is 0 Å². The van der Waals surface area contributed by atoms with Gasteiger partial charge in [0.25, 0.3) is 0 Å². The summed E-state index contributed by atoms with van der Waals surface area (Å²) in [4.78, 5) is 4.95. The van der Waals surface area contributed by atoms with Gasteiger partial charge >= 0.3 is 0 Å². The van der Waals surface area contributed by atoms with E-state index in [1.54, 1.807) is 0 Å². The molecule has 0 aromatic rings. The van der Waals surface area contributed by atoms with E-state index in [-0.39, 0.29) is 6.10 Å². The number of hydrogen-bond acceptors (Lipinski definition) is 3. The molecule has 1 N–H and O–H groups in total. The summed E-state index contributed by atoms with van der Waals surface area (Å²) in [6, 6.07) is 0.439. The van der Waals surface area contributed by atoms with Gasteiger partial charge in [-0.3, -0.25) is 4.90 Å². The van der Waals surface area contributed by atoms with E-state index in [1.165, 1.54) is 45.2 Å². The zero-order valence-corrected chi connectivity index (χ0v) is 10.6. The van der Waals surface area contributed by atoms with Crippen molar-refractivity contribution in [1.82, 2.24) is 9.80 Å². The Morgan fingerprint density at radius 3 is 2.56 bits per heavy atom. The second kappa shape index (κ2) is 5.99. The van der Waals surface area contributed by atoms with Crippen molar-refractivity contribution in [2.45, 2.75) is 50.7 Å². The number of aliphatic hydroxyl groups is 1.